The number of carbonyl (C=O) groups is 2. The molecule has 2 N–H and O–H groups in total. The number of rotatable bonds is 14. The SMILES string of the molecule is CC(C)C(COc1ccn(-c2ccc(C(=O)NSc3cccc(NCCOC4CCC(C)(C)N4C(=O)OC(C)(C)C)n3)c(Cl)n2)n1)C(C)C. The van der Waals surface area contributed by atoms with Crippen LogP contribution < -0.4 is 14.8 Å². The Hall–Kier alpha value is -3.55. The Morgan fingerprint density at radius 3 is 2.49 bits per heavy atom. The molecular weight excluding hydrogens is 666 g/mol. The number of pyridine rings is 2. The molecule has 0 aliphatic carbocycles. The number of hydrogen-bond donors (Lipinski definition) is 2. The molecule has 1 unspecified atom stereocenters. The minimum absolute atomic E-state index is 0.0486. The Morgan fingerprint density at radius 2 is 1.82 bits per heavy atom. The van der Waals surface area contributed by atoms with Crippen molar-refractivity contribution in [1.29, 1.82) is 0 Å². The second kappa shape index (κ2) is 16.4. The molecule has 49 heavy (non-hydrogen) atoms. The summed E-state index contributed by atoms with van der Waals surface area (Å²) in [6, 6.07) is 10.5. The van der Waals surface area contributed by atoms with E-state index in [2.05, 4.69) is 52.8 Å². The van der Waals surface area contributed by atoms with Gasteiger partial charge in [0.2, 0.25) is 5.88 Å². The average molecular weight is 716 g/mol. The molecule has 268 valence electrons. The molecule has 3 aromatic heterocycles. The van der Waals surface area contributed by atoms with Crippen LogP contribution in [-0.2, 0) is 9.47 Å². The second-order valence-electron chi connectivity index (χ2n) is 14.4. The van der Waals surface area contributed by atoms with E-state index in [1.165, 1.54) is 0 Å². The molecule has 1 aliphatic heterocycles. The maximum Gasteiger partial charge on any atom is 0.412 e. The first-order chi connectivity index (χ1) is 23.0. The first-order valence-corrected chi connectivity index (χ1v) is 17.9. The fraction of sp³-hybridized carbons (Fsp3) is 0.571. The van der Waals surface area contributed by atoms with Crippen LogP contribution in [-0.4, -0.2) is 73.8 Å². The molecule has 12 nitrogen and oxygen atoms in total. The molecule has 4 heterocycles. The van der Waals surface area contributed by atoms with Crippen LogP contribution >= 0.6 is 23.5 Å². The molecule has 0 saturated carbocycles. The summed E-state index contributed by atoms with van der Waals surface area (Å²) in [4.78, 5) is 36.5. The molecule has 2 amide bonds. The van der Waals surface area contributed by atoms with Gasteiger partial charge >= 0.3 is 6.09 Å². The Bertz CT molecular complexity index is 1570. The first kappa shape index (κ1) is 38.3. The third-order valence-corrected chi connectivity index (χ3v) is 9.25. The Morgan fingerprint density at radius 1 is 1.08 bits per heavy atom. The van der Waals surface area contributed by atoms with Crippen molar-refractivity contribution in [2.45, 2.75) is 97.5 Å². The minimum atomic E-state index is -0.587. The Labute approximate surface area is 299 Å². The summed E-state index contributed by atoms with van der Waals surface area (Å²) in [7, 11) is 0. The number of likely N-dealkylation sites (tertiary alicyclic amines) is 1. The maximum absolute atomic E-state index is 13.0. The highest BCUT2D eigenvalue weighted by Crippen LogP contribution is 2.35. The van der Waals surface area contributed by atoms with E-state index in [-0.39, 0.29) is 28.6 Å². The number of nitrogens with zero attached hydrogens (tertiary/aromatic N) is 5. The van der Waals surface area contributed by atoms with Crippen LogP contribution in [0.15, 0.2) is 47.6 Å². The van der Waals surface area contributed by atoms with E-state index < -0.39 is 11.5 Å². The van der Waals surface area contributed by atoms with Crippen molar-refractivity contribution in [3.05, 3.63) is 53.3 Å². The summed E-state index contributed by atoms with van der Waals surface area (Å²) in [5.41, 5.74) is -0.722. The number of nitrogens with one attached hydrogen (secondary N) is 2. The molecule has 14 heteroatoms. The van der Waals surface area contributed by atoms with Crippen molar-refractivity contribution >= 4 is 41.4 Å². The summed E-state index contributed by atoms with van der Waals surface area (Å²) in [5, 5.41) is 8.34. The largest absolute Gasteiger partial charge is 0.476 e. The van der Waals surface area contributed by atoms with Gasteiger partial charge < -0.3 is 19.5 Å². The van der Waals surface area contributed by atoms with E-state index in [0.717, 1.165) is 24.8 Å². The zero-order valence-corrected chi connectivity index (χ0v) is 31.5. The van der Waals surface area contributed by atoms with Gasteiger partial charge in [-0.05, 0) is 89.5 Å². The molecule has 1 aliphatic rings. The van der Waals surface area contributed by atoms with Crippen LogP contribution in [0.5, 0.6) is 5.88 Å². The zero-order chi connectivity index (χ0) is 35.9. The van der Waals surface area contributed by atoms with Gasteiger partial charge in [0.1, 0.15) is 27.8 Å². The lowest BCUT2D eigenvalue weighted by atomic mass is 9.86. The molecule has 0 radical (unpaired) electrons. The smallest absolute Gasteiger partial charge is 0.412 e. The van der Waals surface area contributed by atoms with Gasteiger partial charge in [0.25, 0.3) is 5.91 Å². The van der Waals surface area contributed by atoms with Gasteiger partial charge in [-0.15, -0.1) is 5.10 Å². The first-order valence-electron chi connectivity index (χ1n) is 16.7. The van der Waals surface area contributed by atoms with Crippen LogP contribution in [0.1, 0.15) is 85.5 Å². The van der Waals surface area contributed by atoms with E-state index in [1.807, 2.05) is 46.8 Å². The monoisotopic (exact) mass is 715 g/mol. The predicted molar refractivity (Wildman–Crippen MR) is 192 cm³/mol. The third-order valence-electron chi connectivity index (χ3n) is 8.24. The molecule has 0 aromatic carbocycles. The highest BCUT2D eigenvalue weighted by atomic mass is 35.5. The van der Waals surface area contributed by atoms with Gasteiger partial charge in [0.05, 0.1) is 18.8 Å². The predicted octanol–water partition coefficient (Wildman–Crippen LogP) is 7.62. The number of anilines is 1. The van der Waals surface area contributed by atoms with Crippen molar-refractivity contribution in [2.75, 3.05) is 25.1 Å². The molecule has 0 bridgehead atoms. The number of ether oxygens (including phenoxy) is 3. The van der Waals surface area contributed by atoms with Crippen molar-refractivity contribution < 1.29 is 23.8 Å². The topological polar surface area (TPSA) is 133 Å². The van der Waals surface area contributed by atoms with Gasteiger partial charge in [-0.3, -0.25) is 14.4 Å². The molecular formula is C35H50ClN7O5S. The van der Waals surface area contributed by atoms with Gasteiger partial charge in [-0.25, -0.2) is 19.4 Å². The van der Waals surface area contributed by atoms with Crippen LogP contribution in [0.2, 0.25) is 5.15 Å². The number of halogens is 1. The maximum atomic E-state index is 13.0. The van der Waals surface area contributed by atoms with Crippen molar-refractivity contribution in [1.82, 2.24) is 29.4 Å². The lowest BCUT2D eigenvalue weighted by Gasteiger charge is -2.36. The highest BCUT2D eigenvalue weighted by Gasteiger charge is 2.45. The summed E-state index contributed by atoms with van der Waals surface area (Å²) >= 11 is 7.50. The van der Waals surface area contributed by atoms with E-state index in [4.69, 9.17) is 25.8 Å². The van der Waals surface area contributed by atoms with Crippen molar-refractivity contribution in [3.63, 3.8) is 0 Å². The average Bonchev–Trinajstić information content (AvgIpc) is 3.60. The fourth-order valence-electron chi connectivity index (χ4n) is 5.62. The fourth-order valence-corrected chi connectivity index (χ4v) is 6.45. The summed E-state index contributed by atoms with van der Waals surface area (Å²) < 4.78 is 22.0. The Balaban J connectivity index is 1.26. The van der Waals surface area contributed by atoms with Gasteiger partial charge in [0.15, 0.2) is 5.82 Å². The minimum Gasteiger partial charge on any atom is -0.476 e. The number of aromatic nitrogens is 4. The summed E-state index contributed by atoms with van der Waals surface area (Å²) in [6.07, 6.45) is 2.56. The van der Waals surface area contributed by atoms with Crippen LogP contribution in [0, 0.1) is 17.8 Å². The number of amides is 2. The molecule has 1 saturated heterocycles. The highest BCUT2D eigenvalue weighted by molar-refractivity contribution is 7.97. The molecule has 3 aromatic rings. The summed E-state index contributed by atoms with van der Waals surface area (Å²) in [6.45, 7) is 19.8. The number of hydrogen-bond acceptors (Lipinski definition) is 10. The lowest BCUT2D eigenvalue weighted by Crippen LogP contribution is -2.50. The second-order valence-corrected chi connectivity index (χ2v) is 15.6. The molecule has 1 atom stereocenters. The van der Waals surface area contributed by atoms with Gasteiger partial charge in [-0.1, -0.05) is 45.4 Å². The molecule has 0 spiro atoms. The van der Waals surface area contributed by atoms with E-state index >= 15 is 0 Å². The summed E-state index contributed by atoms with van der Waals surface area (Å²) in [5.74, 6) is 2.59. The van der Waals surface area contributed by atoms with Crippen LogP contribution in [0.3, 0.4) is 0 Å². The van der Waals surface area contributed by atoms with Crippen LogP contribution in [0.4, 0.5) is 10.6 Å². The van der Waals surface area contributed by atoms with E-state index in [9.17, 15) is 9.59 Å². The van der Waals surface area contributed by atoms with Gasteiger partial charge in [-0.2, -0.15) is 0 Å². The van der Waals surface area contributed by atoms with Gasteiger partial charge in [0, 0.05) is 36.3 Å². The quantitative estimate of drug-likeness (QED) is 0.0976. The third kappa shape index (κ3) is 10.7. The van der Waals surface area contributed by atoms with Crippen molar-refractivity contribution in [3.8, 4) is 11.7 Å². The normalized spacial score (nSPS) is 16.0. The van der Waals surface area contributed by atoms with E-state index in [1.54, 1.807) is 40.0 Å². The van der Waals surface area contributed by atoms with Crippen LogP contribution in [0.25, 0.3) is 5.82 Å². The molecule has 1 fully saturated rings. The molecule has 4 rings (SSSR count). The number of carbonyl (C=O) groups excluding carboxylic acids is 2. The van der Waals surface area contributed by atoms with E-state index in [0.29, 0.717) is 60.1 Å². The lowest BCUT2D eigenvalue weighted by molar-refractivity contribution is -0.0684. The zero-order valence-electron chi connectivity index (χ0n) is 29.9. The van der Waals surface area contributed by atoms with Crippen molar-refractivity contribution in [2.24, 2.45) is 17.8 Å². The Kier molecular flexibility index (Phi) is 12.8. The standard InChI is InChI=1S/C35H50ClN7O5S/c1-22(2)25(23(3)4)21-47-28-16-19-42(40-28)27-14-13-24(31(36)39-27)32(44)41-49-29-12-10-11-26(38-29)37-18-20-46-30-15-17-35(8,9)43(30)33(45)48-34(5,6)7/h10-14,16,19,22-23,25,30H,15,17-18,20-21H2,1-9H3,(H,37,38)(H,41,44).